The van der Waals surface area contributed by atoms with Crippen molar-refractivity contribution in [2.24, 2.45) is 5.73 Å². The summed E-state index contributed by atoms with van der Waals surface area (Å²) in [5, 5.41) is 2.63. The zero-order valence-corrected chi connectivity index (χ0v) is 17.4. The number of primary amides is 1. The van der Waals surface area contributed by atoms with E-state index in [1.807, 2.05) is 6.92 Å². The molecule has 9 heteroatoms. The Morgan fingerprint density at radius 3 is 2.24 bits per heavy atom. The van der Waals surface area contributed by atoms with Crippen LogP contribution in [-0.2, 0) is 14.8 Å². The molecule has 0 unspecified atom stereocenters. The van der Waals surface area contributed by atoms with Crippen molar-refractivity contribution in [3.8, 4) is 5.75 Å². The lowest BCUT2D eigenvalue weighted by Gasteiger charge is -2.30. The molecule has 2 aromatic carbocycles. The van der Waals surface area contributed by atoms with Crippen LogP contribution in [0, 0.1) is 0 Å². The maximum atomic E-state index is 13.0. The third kappa shape index (κ3) is 5.47. The molecule has 0 saturated carbocycles. The fourth-order valence-electron chi connectivity index (χ4n) is 2.94. The fourth-order valence-corrected chi connectivity index (χ4v) is 4.15. The van der Waals surface area contributed by atoms with E-state index in [2.05, 4.69) is 5.32 Å². The number of amides is 2. The first-order valence-corrected chi connectivity index (χ1v) is 11.0. The molecule has 0 bridgehead atoms. The summed E-state index contributed by atoms with van der Waals surface area (Å²) in [6.07, 6.45) is 1.25. The van der Waals surface area contributed by atoms with Gasteiger partial charge >= 0.3 is 0 Å². The van der Waals surface area contributed by atoms with Gasteiger partial charge in [0.2, 0.25) is 15.9 Å². The second-order valence-corrected chi connectivity index (χ2v) is 8.17. The van der Waals surface area contributed by atoms with Crippen molar-refractivity contribution in [3.05, 3.63) is 54.1 Å². The number of carbonyl (C=O) groups is 2. The number of nitrogens with one attached hydrogen (secondary N) is 1. The fraction of sp³-hybridized carbons (Fsp3) is 0.300. The van der Waals surface area contributed by atoms with Crippen LogP contribution in [0.2, 0.25) is 0 Å². The number of carbonyl (C=O) groups excluding carboxylic acids is 2. The van der Waals surface area contributed by atoms with Crippen LogP contribution in [-0.4, -0.2) is 39.1 Å². The molecule has 156 valence electrons. The Labute approximate surface area is 170 Å². The predicted octanol–water partition coefficient (Wildman–Crippen LogP) is 2.37. The zero-order chi connectivity index (χ0) is 21.6. The molecule has 3 N–H and O–H groups in total. The van der Waals surface area contributed by atoms with E-state index < -0.39 is 27.9 Å². The number of sulfonamides is 1. The van der Waals surface area contributed by atoms with Crippen molar-refractivity contribution >= 4 is 33.2 Å². The summed E-state index contributed by atoms with van der Waals surface area (Å²) in [6, 6.07) is 11.7. The third-order valence-electron chi connectivity index (χ3n) is 4.18. The molecule has 0 fully saturated rings. The Hall–Kier alpha value is -3.07. The summed E-state index contributed by atoms with van der Waals surface area (Å²) in [5.41, 5.74) is 6.05. The van der Waals surface area contributed by atoms with E-state index in [-0.39, 0.29) is 17.7 Å². The molecule has 0 radical (unpaired) electrons. The molecule has 2 rings (SSSR count). The average molecular weight is 420 g/mol. The van der Waals surface area contributed by atoms with E-state index in [0.717, 1.165) is 10.6 Å². The minimum atomic E-state index is -3.78. The molecule has 0 aromatic heterocycles. The van der Waals surface area contributed by atoms with Gasteiger partial charge in [0.05, 0.1) is 29.8 Å². The smallest absolute Gasteiger partial charge is 0.250 e. The van der Waals surface area contributed by atoms with Crippen LogP contribution in [0.4, 0.5) is 11.4 Å². The first-order valence-electron chi connectivity index (χ1n) is 9.11. The molecule has 29 heavy (non-hydrogen) atoms. The summed E-state index contributed by atoms with van der Waals surface area (Å²) in [5.74, 6) is -0.668. The Kier molecular flexibility index (Phi) is 7.22. The van der Waals surface area contributed by atoms with E-state index in [0.29, 0.717) is 18.0 Å². The first kappa shape index (κ1) is 22.2. The van der Waals surface area contributed by atoms with Crippen LogP contribution in [0.15, 0.2) is 48.5 Å². The lowest BCUT2D eigenvalue weighted by atomic mass is 10.1. The molecule has 0 heterocycles. The number of hydrogen-bond donors (Lipinski definition) is 2. The highest BCUT2D eigenvalue weighted by Crippen LogP contribution is 2.26. The van der Waals surface area contributed by atoms with Crippen LogP contribution in [0.1, 0.15) is 30.6 Å². The van der Waals surface area contributed by atoms with E-state index in [1.165, 1.54) is 12.1 Å². The summed E-state index contributed by atoms with van der Waals surface area (Å²) in [4.78, 5) is 24.6. The normalized spacial score (nSPS) is 12.1. The van der Waals surface area contributed by atoms with Gasteiger partial charge in [0, 0.05) is 0 Å². The predicted molar refractivity (Wildman–Crippen MR) is 113 cm³/mol. The van der Waals surface area contributed by atoms with E-state index in [4.69, 9.17) is 10.5 Å². The largest absolute Gasteiger partial charge is 0.494 e. The Balaban J connectivity index is 2.39. The number of rotatable bonds is 9. The quantitative estimate of drug-likeness (QED) is 0.647. The molecule has 0 aliphatic carbocycles. The minimum Gasteiger partial charge on any atom is -0.494 e. The Morgan fingerprint density at radius 1 is 1.10 bits per heavy atom. The van der Waals surface area contributed by atoms with Crippen molar-refractivity contribution in [2.45, 2.75) is 26.3 Å². The standard InChI is InChI=1S/C20H25N3O5S/c1-4-18(20(25)22-17-9-7-6-8-16(17)19(21)24)23(29(3,26)27)14-10-12-15(13-11-14)28-5-2/h6-13,18H,4-5H2,1-3H3,(H2,21,24)(H,22,25)/t18-/m1/s1. The molecule has 1 atom stereocenters. The zero-order valence-electron chi connectivity index (χ0n) is 16.6. The number of nitrogens with zero attached hydrogens (tertiary/aromatic N) is 1. The minimum absolute atomic E-state index is 0.141. The van der Waals surface area contributed by atoms with Gasteiger partial charge in [-0.3, -0.25) is 13.9 Å². The third-order valence-corrected chi connectivity index (χ3v) is 5.36. The molecule has 8 nitrogen and oxygen atoms in total. The van der Waals surface area contributed by atoms with Gasteiger partial charge in [0.25, 0.3) is 5.91 Å². The number of ether oxygens (including phenoxy) is 1. The van der Waals surface area contributed by atoms with E-state index in [9.17, 15) is 18.0 Å². The summed E-state index contributed by atoms with van der Waals surface area (Å²) in [6.45, 7) is 4.03. The van der Waals surface area contributed by atoms with Gasteiger partial charge in [-0.25, -0.2) is 8.42 Å². The lowest BCUT2D eigenvalue weighted by molar-refractivity contribution is -0.117. The van der Waals surface area contributed by atoms with Gasteiger partial charge in [-0.15, -0.1) is 0 Å². The van der Waals surface area contributed by atoms with Crippen molar-refractivity contribution in [1.82, 2.24) is 0 Å². The van der Waals surface area contributed by atoms with Crippen molar-refractivity contribution in [3.63, 3.8) is 0 Å². The Morgan fingerprint density at radius 2 is 1.72 bits per heavy atom. The molecular weight excluding hydrogens is 394 g/mol. The van der Waals surface area contributed by atoms with Gasteiger partial charge in [-0.05, 0) is 49.7 Å². The van der Waals surface area contributed by atoms with Crippen molar-refractivity contribution in [1.29, 1.82) is 0 Å². The SMILES string of the molecule is CCOc1ccc(N([C@H](CC)C(=O)Nc2ccccc2C(N)=O)S(C)(=O)=O)cc1. The molecule has 2 amide bonds. The van der Waals surface area contributed by atoms with Gasteiger partial charge in [0.1, 0.15) is 11.8 Å². The van der Waals surface area contributed by atoms with Crippen LogP contribution in [0.25, 0.3) is 0 Å². The van der Waals surface area contributed by atoms with Crippen LogP contribution in [0.3, 0.4) is 0 Å². The average Bonchev–Trinajstić information content (AvgIpc) is 2.66. The van der Waals surface area contributed by atoms with Crippen LogP contribution >= 0.6 is 0 Å². The summed E-state index contributed by atoms with van der Waals surface area (Å²) < 4.78 is 31.5. The van der Waals surface area contributed by atoms with E-state index in [1.54, 1.807) is 43.3 Å². The van der Waals surface area contributed by atoms with Crippen LogP contribution < -0.4 is 20.1 Å². The molecule has 0 saturated heterocycles. The maximum Gasteiger partial charge on any atom is 0.250 e. The number of para-hydroxylation sites is 1. The number of hydrogen-bond acceptors (Lipinski definition) is 5. The Bertz CT molecular complexity index is 974. The van der Waals surface area contributed by atoms with Crippen molar-refractivity contribution in [2.75, 3.05) is 22.5 Å². The maximum absolute atomic E-state index is 13.0. The van der Waals surface area contributed by atoms with Crippen molar-refractivity contribution < 1.29 is 22.7 Å². The van der Waals surface area contributed by atoms with Crippen LogP contribution in [0.5, 0.6) is 5.75 Å². The number of anilines is 2. The molecule has 0 spiro atoms. The summed E-state index contributed by atoms with van der Waals surface area (Å²) in [7, 11) is -3.78. The second kappa shape index (κ2) is 9.42. The van der Waals surface area contributed by atoms with Gasteiger partial charge in [0.15, 0.2) is 0 Å². The van der Waals surface area contributed by atoms with E-state index >= 15 is 0 Å². The van der Waals surface area contributed by atoms with Gasteiger partial charge in [-0.2, -0.15) is 0 Å². The lowest BCUT2D eigenvalue weighted by Crippen LogP contribution is -2.47. The highest BCUT2D eigenvalue weighted by Gasteiger charge is 2.32. The topological polar surface area (TPSA) is 119 Å². The highest BCUT2D eigenvalue weighted by molar-refractivity contribution is 7.92. The monoisotopic (exact) mass is 419 g/mol. The van der Waals surface area contributed by atoms with Gasteiger partial charge in [-0.1, -0.05) is 19.1 Å². The summed E-state index contributed by atoms with van der Waals surface area (Å²) >= 11 is 0. The molecule has 0 aliphatic heterocycles. The highest BCUT2D eigenvalue weighted by atomic mass is 32.2. The number of benzene rings is 2. The second-order valence-electron chi connectivity index (χ2n) is 6.31. The number of nitrogens with two attached hydrogens (primary N) is 1. The molecule has 2 aromatic rings. The first-order chi connectivity index (χ1) is 13.7. The molecular formula is C20H25N3O5S. The van der Waals surface area contributed by atoms with Gasteiger partial charge < -0.3 is 15.8 Å². The molecule has 0 aliphatic rings.